The number of benzene rings is 1. The highest BCUT2D eigenvalue weighted by Gasteiger charge is 2.28. The van der Waals surface area contributed by atoms with E-state index in [-0.39, 0.29) is 12.2 Å². The molecule has 136 valence electrons. The molecule has 0 unspecified atom stereocenters. The van der Waals surface area contributed by atoms with Crippen LogP contribution in [-0.2, 0) is 4.74 Å². The van der Waals surface area contributed by atoms with Crippen LogP contribution in [0.1, 0.15) is 45.1 Å². The first-order chi connectivity index (χ1) is 11.8. The quantitative estimate of drug-likeness (QED) is 0.821. The summed E-state index contributed by atoms with van der Waals surface area (Å²) in [6, 6.07) is 7.76. The number of carbonyl (C=O) groups excluding carboxylic acids is 2. The van der Waals surface area contributed by atoms with Gasteiger partial charge in [0.05, 0.1) is 0 Å². The van der Waals surface area contributed by atoms with Crippen LogP contribution in [0.2, 0.25) is 0 Å². The highest BCUT2D eigenvalue weighted by atomic mass is 16.6. The molecular formula is C19H26N2O4. The summed E-state index contributed by atoms with van der Waals surface area (Å²) in [5.41, 5.74) is 0.797. The topological polar surface area (TPSA) is 59.1 Å². The van der Waals surface area contributed by atoms with Crippen molar-refractivity contribution in [3.05, 3.63) is 29.8 Å². The highest BCUT2D eigenvalue weighted by molar-refractivity contribution is 5.72. The molecule has 2 aliphatic rings. The van der Waals surface area contributed by atoms with Crippen LogP contribution in [0.3, 0.4) is 0 Å². The number of rotatable bonds is 2. The van der Waals surface area contributed by atoms with E-state index in [4.69, 9.17) is 9.47 Å². The van der Waals surface area contributed by atoms with E-state index in [0.717, 1.165) is 0 Å². The van der Waals surface area contributed by atoms with Gasteiger partial charge in [-0.15, -0.1) is 0 Å². The average molecular weight is 346 g/mol. The summed E-state index contributed by atoms with van der Waals surface area (Å²) in [6.07, 6.45) is 1.79. The molecule has 0 radical (unpaired) electrons. The van der Waals surface area contributed by atoms with E-state index in [2.05, 4.69) is 0 Å². The van der Waals surface area contributed by atoms with Gasteiger partial charge in [-0.25, -0.2) is 9.59 Å². The lowest BCUT2D eigenvalue weighted by molar-refractivity contribution is 0.0154. The maximum atomic E-state index is 12.3. The molecular weight excluding hydrogens is 320 g/mol. The van der Waals surface area contributed by atoms with E-state index < -0.39 is 5.60 Å². The zero-order chi connectivity index (χ0) is 18.0. The standard InChI is InChI=1S/C19H26N2O4/c1-19(2,3)25-18(23)21-12-10-20(11-13-21)17(22)24-16-8-6-15(7-9-16)14-4-5-14/h6-9,14H,4-5,10-13H2,1-3H3. The summed E-state index contributed by atoms with van der Waals surface area (Å²) in [4.78, 5) is 27.6. The molecule has 0 spiro atoms. The molecule has 0 aromatic heterocycles. The minimum Gasteiger partial charge on any atom is -0.444 e. The molecule has 1 heterocycles. The van der Waals surface area contributed by atoms with Crippen molar-refractivity contribution in [1.29, 1.82) is 0 Å². The Morgan fingerprint density at radius 2 is 1.44 bits per heavy atom. The largest absolute Gasteiger partial charge is 0.444 e. The second kappa shape index (κ2) is 6.94. The van der Waals surface area contributed by atoms with Crippen LogP contribution in [0.15, 0.2) is 24.3 Å². The van der Waals surface area contributed by atoms with Crippen molar-refractivity contribution in [3.8, 4) is 5.75 Å². The maximum absolute atomic E-state index is 12.3. The molecule has 1 aromatic rings. The lowest BCUT2D eigenvalue weighted by Crippen LogP contribution is -2.52. The minimum atomic E-state index is -0.514. The van der Waals surface area contributed by atoms with Crippen LogP contribution >= 0.6 is 0 Å². The Morgan fingerprint density at radius 1 is 0.920 bits per heavy atom. The summed E-state index contributed by atoms with van der Waals surface area (Å²) in [5, 5.41) is 0. The van der Waals surface area contributed by atoms with Gasteiger partial charge in [0, 0.05) is 26.2 Å². The zero-order valence-corrected chi connectivity index (χ0v) is 15.2. The Hall–Kier alpha value is -2.24. The van der Waals surface area contributed by atoms with Gasteiger partial charge in [0.2, 0.25) is 0 Å². The number of carbonyl (C=O) groups is 2. The number of piperazine rings is 1. The smallest absolute Gasteiger partial charge is 0.415 e. The van der Waals surface area contributed by atoms with Gasteiger partial charge in [0.1, 0.15) is 11.4 Å². The van der Waals surface area contributed by atoms with E-state index in [1.807, 2.05) is 45.0 Å². The van der Waals surface area contributed by atoms with Crippen molar-refractivity contribution >= 4 is 12.2 Å². The summed E-state index contributed by atoms with van der Waals surface area (Å²) >= 11 is 0. The Kier molecular flexibility index (Phi) is 4.88. The molecule has 2 amide bonds. The molecule has 2 fully saturated rings. The predicted octanol–water partition coefficient (Wildman–Crippen LogP) is 3.62. The van der Waals surface area contributed by atoms with Gasteiger partial charge in [-0.05, 0) is 57.2 Å². The van der Waals surface area contributed by atoms with Crippen molar-refractivity contribution in [1.82, 2.24) is 9.80 Å². The molecule has 0 bridgehead atoms. The third kappa shape index (κ3) is 4.87. The van der Waals surface area contributed by atoms with E-state index in [0.29, 0.717) is 37.8 Å². The van der Waals surface area contributed by atoms with Crippen LogP contribution in [0.25, 0.3) is 0 Å². The lowest BCUT2D eigenvalue weighted by Gasteiger charge is -2.35. The van der Waals surface area contributed by atoms with Gasteiger partial charge in [0.15, 0.2) is 0 Å². The Bertz CT molecular complexity index is 624. The van der Waals surface area contributed by atoms with Gasteiger partial charge in [-0.3, -0.25) is 0 Å². The zero-order valence-electron chi connectivity index (χ0n) is 15.2. The van der Waals surface area contributed by atoms with Crippen LogP contribution in [0.4, 0.5) is 9.59 Å². The first kappa shape index (κ1) is 17.6. The Morgan fingerprint density at radius 3 is 1.92 bits per heavy atom. The van der Waals surface area contributed by atoms with Crippen molar-refractivity contribution in [2.75, 3.05) is 26.2 Å². The molecule has 1 aromatic carbocycles. The molecule has 1 aliphatic carbocycles. The van der Waals surface area contributed by atoms with Gasteiger partial charge in [0.25, 0.3) is 0 Å². The monoisotopic (exact) mass is 346 g/mol. The number of hydrogen-bond acceptors (Lipinski definition) is 4. The predicted molar refractivity (Wildman–Crippen MR) is 93.8 cm³/mol. The molecule has 25 heavy (non-hydrogen) atoms. The van der Waals surface area contributed by atoms with Crippen LogP contribution in [0.5, 0.6) is 5.75 Å². The van der Waals surface area contributed by atoms with Crippen molar-refractivity contribution in [3.63, 3.8) is 0 Å². The molecule has 1 saturated heterocycles. The lowest BCUT2D eigenvalue weighted by atomic mass is 10.1. The molecule has 1 saturated carbocycles. The number of hydrogen-bond donors (Lipinski definition) is 0. The highest BCUT2D eigenvalue weighted by Crippen LogP contribution is 2.40. The molecule has 0 atom stereocenters. The molecule has 6 heteroatoms. The van der Waals surface area contributed by atoms with Crippen LogP contribution in [0, 0.1) is 0 Å². The average Bonchev–Trinajstić information content (AvgIpc) is 3.39. The van der Waals surface area contributed by atoms with Gasteiger partial charge in [-0.2, -0.15) is 0 Å². The Balaban J connectivity index is 1.47. The molecule has 3 rings (SSSR count). The minimum absolute atomic E-state index is 0.337. The van der Waals surface area contributed by atoms with Crippen molar-refractivity contribution in [2.45, 2.75) is 45.1 Å². The normalized spacial score (nSPS) is 18.0. The van der Waals surface area contributed by atoms with Crippen LogP contribution < -0.4 is 4.74 Å². The third-order valence-corrected chi connectivity index (χ3v) is 4.32. The van der Waals surface area contributed by atoms with Gasteiger partial charge in [-0.1, -0.05) is 12.1 Å². The van der Waals surface area contributed by atoms with E-state index in [9.17, 15) is 9.59 Å². The molecule has 0 N–H and O–H groups in total. The third-order valence-electron chi connectivity index (χ3n) is 4.32. The first-order valence-electron chi connectivity index (χ1n) is 8.86. The fraction of sp³-hybridized carbons (Fsp3) is 0.579. The van der Waals surface area contributed by atoms with Crippen molar-refractivity contribution < 1.29 is 19.1 Å². The Labute approximate surface area is 148 Å². The summed E-state index contributed by atoms with van der Waals surface area (Å²) < 4.78 is 10.8. The summed E-state index contributed by atoms with van der Waals surface area (Å²) in [6.45, 7) is 7.30. The fourth-order valence-corrected chi connectivity index (χ4v) is 2.79. The van der Waals surface area contributed by atoms with Crippen molar-refractivity contribution in [2.24, 2.45) is 0 Å². The number of nitrogens with zero attached hydrogens (tertiary/aromatic N) is 2. The van der Waals surface area contributed by atoms with E-state index >= 15 is 0 Å². The number of ether oxygens (including phenoxy) is 2. The SMILES string of the molecule is CC(C)(C)OC(=O)N1CCN(C(=O)Oc2ccc(C3CC3)cc2)CC1. The van der Waals surface area contributed by atoms with E-state index in [1.54, 1.807) is 9.80 Å². The number of amides is 2. The van der Waals surface area contributed by atoms with E-state index in [1.165, 1.54) is 18.4 Å². The second-order valence-corrected chi connectivity index (χ2v) is 7.67. The second-order valence-electron chi connectivity index (χ2n) is 7.67. The molecule has 1 aliphatic heterocycles. The fourth-order valence-electron chi connectivity index (χ4n) is 2.79. The summed E-state index contributed by atoms with van der Waals surface area (Å²) in [5.74, 6) is 1.25. The molecule has 6 nitrogen and oxygen atoms in total. The van der Waals surface area contributed by atoms with Gasteiger partial charge >= 0.3 is 12.2 Å². The first-order valence-corrected chi connectivity index (χ1v) is 8.86. The van der Waals surface area contributed by atoms with Crippen LogP contribution in [-0.4, -0.2) is 53.8 Å². The van der Waals surface area contributed by atoms with Gasteiger partial charge < -0.3 is 19.3 Å². The summed E-state index contributed by atoms with van der Waals surface area (Å²) in [7, 11) is 0. The maximum Gasteiger partial charge on any atom is 0.415 e.